The molecule has 0 saturated heterocycles. The smallest absolute Gasteiger partial charge is 0.337 e. The first-order chi connectivity index (χ1) is 9.69. The van der Waals surface area contributed by atoms with Gasteiger partial charge in [0.2, 0.25) is 15.9 Å². The van der Waals surface area contributed by atoms with Crippen LogP contribution in [0.4, 0.5) is 0 Å². The van der Waals surface area contributed by atoms with E-state index in [9.17, 15) is 18.0 Å². The van der Waals surface area contributed by atoms with Crippen LogP contribution in [0.15, 0.2) is 17.0 Å². The van der Waals surface area contributed by atoms with Crippen LogP contribution in [0.2, 0.25) is 10.0 Å². The Balaban J connectivity index is 3.08. The van der Waals surface area contributed by atoms with Crippen molar-refractivity contribution in [3.8, 4) is 0 Å². The molecule has 116 valence electrons. The number of hydrogen-bond acceptors (Lipinski definition) is 4. The molecule has 7 nitrogen and oxygen atoms in total. The first-order valence-electron chi connectivity index (χ1n) is 5.61. The molecule has 0 radical (unpaired) electrons. The first kappa shape index (κ1) is 17.7. The molecular weight excluding hydrogens is 343 g/mol. The predicted octanol–water partition coefficient (Wildman–Crippen LogP) is 1.11. The van der Waals surface area contributed by atoms with E-state index in [1.807, 2.05) is 0 Å². The van der Waals surface area contributed by atoms with E-state index in [2.05, 4.69) is 10.0 Å². The molecule has 3 N–H and O–H groups in total. The van der Waals surface area contributed by atoms with E-state index in [1.54, 1.807) is 0 Å². The molecule has 21 heavy (non-hydrogen) atoms. The van der Waals surface area contributed by atoms with Crippen molar-refractivity contribution < 1.29 is 23.1 Å². The average Bonchev–Trinajstić information content (AvgIpc) is 2.40. The van der Waals surface area contributed by atoms with Crippen molar-refractivity contribution in [3.63, 3.8) is 0 Å². The lowest BCUT2D eigenvalue weighted by molar-refractivity contribution is -0.120. The molecule has 10 heteroatoms. The van der Waals surface area contributed by atoms with Crippen LogP contribution >= 0.6 is 23.2 Å². The molecule has 0 aromatic heterocycles. The zero-order valence-electron chi connectivity index (χ0n) is 10.8. The fourth-order valence-electron chi connectivity index (χ4n) is 1.42. The highest BCUT2D eigenvalue weighted by Crippen LogP contribution is 2.29. The Morgan fingerprint density at radius 3 is 2.43 bits per heavy atom. The number of benzene rings is 1. The van der Waals surface area contributed by atoms with Crippen LogP contribution in [-0.4, -0.2) is 39.0 Å². The van der Waals surface area contributed by atoms with Gasteiger partial charge >= 0.3 is 5.97 Å². The number of halogens is 2. The summed E-state index contributed by atoms with van der Waals surface area (Å²) in [6.07, 6.45) is -0.0697. The lowest BCUT2D eigenvalue weighted by Crippen LogP contribution is -2.29. The minimum Gasteiger partial charge on any atom is -0.478 e. The van der Waals surface area contributed by atoms with Gasteiger partial charge in [0.15, 0.2) is 0 Å². The molecular formula is C11H12Cl2N2O5S. The van der Waals surface area contributed by atoms with E-state index < -0.39 is 31.5 Å². The van der Waals surface area contributed by atoms with Gasteiger partial charge in [-0.2, -0.15) is 0 Å². The molecule has 1 rings (SSSR count). The SMILES string of the molecule is CNC(=O)CCNS(=O)(=O)c1cc(Cl)cc(C(=O)O)c1Cl. The average molecular weight is 355 g/mol. The number of rotatable bonds is 6. The van der Waals surface area contributed by atoms with E-state index >= 15 is 0 Å². The van der Waals surface area contributed by atoms with Crippen LogP contribution in [-0.2, 0) is 14.8 Å². The standard InChI is InChI=1S/C11H12Cl2N2O5S/c1-14-9(16)2-3-15-21(19,20)8-5-6(12)4-7(10(8)13)11(17)18/h4-5,15H,2-3H2,1H3,(H,14,16)(H,17,18). The summed E-state index contributed by atoms with van der Waals surface area (Å²) in [6.45, 7) is -0.159. The van der Waals surface area contributed by atoms with Gasteiger partial charge < -0.3 is 10.4 Å². The topological polar surface area (TPSA) is 113 Å². The fourth-order valence-corrected chi connectivity index (χ4v) is 3.35. The molecule has 0 aliphatic heterocycles. The van der Waals surface area contributed by atoms with Gasteiger partial charge in [-0.1, -0.05) is 23.2 Å². The summed E-state index contributed by atoms with van der Waals surface area (Å²) in [4.78, 5) is 21.6. The fraction of sp³-hybridized carbons (Fsp3) is 0.273. The van der Waals surface area contributed by atoms with E-state index in [1.165, 1.54) is 7.05 Å². The second-order valence-electron chi connectivity index (χ2n) is 3.89. The second kappa shape index (κ2) is 7.08. The summed E-state index contributed by atoms with van der Waals surface area (Å²) in [5.41, 5.74) is -0.421. The van der Waals surface area contributed by atoms with Crippen molar-refractivity contribution in [2.45, 2.75) is 11.3 Å². The van der Waals surface area contributed by atoms with Gasteiger partial charge in [-0.25, -0.2) is 17.9 Å². The molecule has 0 fully saturated rings. The molecule has 0 heterocycles. The molecule has 0 saturated carbocycles. The van der Waals surface area contributed by atoms with Crippen molar-refractivity contribution >= 4 is 45.1 Å². The van der Waals surface area contributed by atoms with Crippen molar-refractivity contribution in [2.24, 2.45) is 0 Å². The third-order valence-corrected chi connectivity index (χ3v) is 4.67. The van der Waals surface area contributed by atoms with E-state index in [0.29, 0.717) is 0 Å². The highest BCUT2D eigenvalue weighted by Gasteiger charge is 2.23. The molecule has 0 bridgehead atoms. The number of carboxylic acid groups (broad SMARTS) is 1. The van der Waals surface area contributed by atoms with Gasteiger partial charge in [-0.05, 0) is 12.1 Å². The minimum atomic E-state index is -4.08. The molecule has 0 atom stereocenters. The number of sulfonamides is 1. The Morgan fingerprint density at radius 1 is 1.29 bits per heavy atom. The van der Waals surface area contributed by atoms with E-state index in [4.69, 9.17) is 28.3 Å². The van der Waals surface area contributed by atoms with Gasteiger partial charge in [0.1, 0.15) is 4.90 Å². The van der Waals surface area contributed by atoms with Crippen molar-refractivity contribution in [1.29, 1.82) is 0 Å². The summed E-state index contributed by atoms with van der Waals surface area (Å²) < 4.78 is 26.3. The van der Waals surface area contributed by atoms with Crippen molar-refractivity contribution in [2.75, 3.05) is 13.6 Å². The van der Waals surface area contributed by atoms with Crippen LogP contribution in [0.25, 0.3) is 0 Å². The zero-order valence-corrected chi connectivity index (χ0v) is 13.1. The number of nitrogens with one attached hydrogen (secondary N) is 2. The molecule has 1 amide bonds. The Morgan fingerprint density at radius 2 is 1.90 bits per heavy atom. The van der Waals surface area contributed by atoms with Crippen LogP contribution in [0.5, 0.6) is 0 Å². The van der Waals surface area contributed by atoms with Crippen LogP contribution < -0.4 is 10.0 Å². The van der Waals surface area contributed by atoms with E-state index in [0.717, 1.165) is 12.1 Å². The number of amides is 1. The number of hydrogen-bond donors (Lipinski definition) is 3. The maximum Gasteiger partial charge on any atom is 0.337 e. The summed E-state index contributed by atoms with van der Waals surface area (Å²) in [7, 11) is -2.66. The number of aromatic carboxylic acids is 1. The second-order valence-corrected chi connectivity index (χ2v) is 6.44. The normalized spacial score (nSPS) is 11.2. The lowest BCUT2D eigenvalue weighted by atomic mass is 10.2. The molecule has 0 aliphatic rings. The number of carbonyl (C=O) groups is 2. The number of carboxylic acids is 1. The van der Waals surface area contributed by atoms with Gasteiger partial charge in [0.25, 0.3) is 0 Å². The summed E-state index contributed by atoms with van der Waals surface area (Å²) >= 11 is 11.5. The van der Waals surface area contributed by atoms with Crippen LogP contribution in [0.1, 0.15) is 16.8 Å². The van der Waals surface area contributed by atoms with Gasteiger partial charge in [0, 0.05) is 25.0 Å². The highest BCUT2D eigenvalue weighted by atomic mass is 35.5. The molecule has 1 aromatic carbocycles. The predicted molar refractivity (Wildman–Crippen MR) is 77.3 cm³/mol. The molecule has 0 unspecified atom stereocenters. The highest BCUT2D eigenvalue weighted by molar-refractivity contribution is 7.89. The van der Waals surface area contributed by atoms with Gasteiger partial charge in [-0.15, -0.1) is 0 Å². The van der Waals surface area contributed by atoms with Gasteiger partial charge in [0.05, 0.1) is 10.6 Å². The third kappa shape index (κ3) is 4.57. The number of carbonyl (C=O) groups excluding carboxylic acids is 1. The molecule has 1 aromatic rings. The summed E-state index contributed by atoms with van der Waals surface area (Å²) in [5.74, 6) is -1.74. The first-order valence-corrected chi connectivity index (χ1v) is 7.85. The quantitative estimate of drug-likeness (QED) is 0.708. The van der Waals surface area contributed by atoms with Crippen LogP contribution in [0.3, 0.4) is 0 Å². The summed E-state index contributed by atoms with van der Waals surface area (Å²) in [5, 5.41) is 10.8. The lowest BCUT2D eigenvalue weighted by Gasteiger charge is -2.10. The Kier molecular flexibility index (Phi) is 5.97. The molecule has 0 spiro atoms. The van der Waals surface area contributed by atoms with Crippen molar-refractivity contribution in [1.82, 2.24) is 10.0 Å². The molecule has 0 aliphatic carbocycles. The Bertz CT molecular complexity index is 675. The summed E-state index contributed by atoms with van der Waals surface area (Å²) in [6, 6.07) is 2.09. The third-order valence-electron chi connectivity index (χ3n) is 2.45. The minimum absolute atomic E-state index is 0.0697. The van der Waals surface area contributed by atoms with Gasteiger partial charge in [-0.3, -0.25) is 4.79 Å². The Hall–Kier alpha value is -1.35. The van der Waals surface area contributed by atoms with E-state index in [-0.39, 0.29) is 23.9 Å². The zero-order chi connectivity index (χ0) is 16.2. The van der Waals surface area contributed by atoms with Crippen molar-refractivity contribution in [3.05, 3.63) is 27.7 Å². The monoisotopic (exact) mass is 354 g/mol. The Labute approximate surface area is 131 Å². The maximum absolute atomic E-state index is 12.1. The van der Waals surface area contributed by atoms with Crippen LogP contribution in [0, 0.1) is 0 Å². The maximum atomic E-state index is 12.1. The largest absolute Gasteiger partial charge is 0.478 e.